The molecule has 0 N–H and O–H groups in total. The molecule has 0 fully saturated rings. The average molecular weight is 486 g/mol. The van der Waals surface area contributed by atoms with Crippen molar-refractivity contribution in [1.82, 2.24) is 0 Å². The number of rotatable bonds is 3. The van der Waals surface area contributed by atoms with Crippen molar-refractivity contribution in [3.8, 4) is 0 Å². The zero-order chi connectivity index (χ0) is 18.4. The first-order valence-corrected chi connectivity index (χ1v) is 10.2. The Morgan fingerprint density at radius 1 is 0.857 bits per heavy atom. The van der Waals surface area contributed by atoms with Gasteiger partial charge in [0.2, 0.25) is 0 Å². The van der Waals surface area contributed by atoms with Gasteiger partial charge in [-0.25, -0.2) is 0 Å². The molecule has 2 aliphatic rings. The van der Waals surface area contributed by atoms with Crippen molar-refractivity contribution in [2.24, 2.45) is 0 Å². The van der Waals surface area contributed by atoms with Crippen LogP contribution in [0.4, 0.5) is 0 Å². The van der Waals surface area contributed by atoms with Gasteiger partial charge in [-0.1, -0.05) is 38.8 Å². The van der Waals surface area contributed by atoms with Gasteiger partial charge in [-0.2, -0.15) is 17.2 Å². The summed E-state index contributed by atoms with van der Waals surface area (Å²) >= 11 is 1.46. The monoisotopic (exact) mass is 483 g/mol. The fourth-order valence-corrected chi connectivity index (χ4v) is 3.88. The van der Waals surface area contributed by atoms with Crippen LogP contribution < -0.4 is 24.8 Å². The van der Waals surface area contributed by atoms with Crippen molar-refractivity contribution in [3.63, 3.8) is 0 Å². The van der Waals surface area contributed by atoms with Crippen LogP contribution in [0.5, 0.6) is 0 Å². The van der Waals surface area contributed by atoms with Crippen molar-refractivity contribution in [3.05, 3.63) is 118 Å². The molecule has 2 aromatic carbocycles. The minimum absolute atomic E-state index is 0. The molecule has 0 amide bonds. The van der Waals surface area contributed by atoms with E-state index in [1.54, 1.807) is 0 Å². The van der Waals surface area contributed by atoms with E-state index >= 15 is 0 Å². The maximum absolute atomic E-state index is 3.43. The Hall–Kier alpha value is -1.27. The first-order chi connectivity index (χ1) is 12.7. The summed E-state index contributed by atoms with van der Waals surface area (Å²) in [5.74, 6) is 0. The Kier molecular flexibility index (Phi) is 10.9. The Morgan fingerprint density at radius 3 is 1.79 bits per heavy atom. The summed E-state index contributed by atoms with van der Waals surface area (Å²) in [4.78, 5) is 0. The average Bonchev–Trinajstić information content (AvgIpc) is 3.34. The molecular formula is C25H23Cl2Zr-. The van der Waals surface area contributed by atoms with Gasteiger partial charge < -0.3 is 24.8 Å². The Labute approximate surface area is 196 Å². The van der Waals surface area contributed by atoms with Gasteiger partial charge in [0, 0.05) is 0 Å². The molecule has 0 saturated carbocycles. The van der Waals surface area contributed by atoms with E-state index in [1.165, 1.54) is 60.9 Å². The summed E-state index contributed by atoms with van der Waals surface area (Å²) in [6.45, 7) is 4.39. The van der Waals surface area contributed by atoms with Crippen LogP contribution in [-0.2, 0) is 24.2 Å². The van der Waals surface area contributed by atoms with Crippen LogP contribution in [0.2, 0.25) is 0 Å². The van der Waals surface area contributed by atoms with Gasteiger partial charge in [-0.3, -0.25) is 0 Å². The van der Waals surface area contributed by atoms with Gasteiger partial charge in [-0.15, -0.1) is 17.2 Å². The van der Waals surface area contributed by atoms with Crippen LogP contribution in [-0.4, -0.2) is 3.21 Å². The summed E-state index contributed by atoms with van der Waals surface area (Å²) in [6.07, 6.45) is 12.1. The van der Waals surface area contributed by atoms with Gasteiger partial charge in [0.25, 0.3) is 0 Å². The molecule has 0 saturated heterocycles. The van der Waals surface area contributed by atoms with Gasteiger partial charge in [0.1, 0.15) is 0 Å². The number of allylic oxidation sites excluding steroid dienone is 8. The van der Waals surface area contributed by atoms with Gasteiger partial charge in [-0.05, 0) is 0 Å². The summed E-state index contributed by atoms with van der Waals surface area (Å²) in [7, 11) is 0. The topological polar surface area (TPSA) is 0 Å². The van der Waals surface area contributed by atoms with Crippen LogP contribution in [0.25, 0.3) is 0 Å². The molecular weight excluding hydrogens is 462 g/mol. The summed E-state index contributed by atoms with van der Waals surface area (Å²) < 4.78 is 1.42. The zero-order valence-corrected chi connectivity index (χ0v) is 20.1. The van der Waals surface area contributed by atoms with Crippen LogP contribution in [0.3, 0.4) is 0 Å². The molecule has 2 aliphatic carbocycles. The molecule has 0 aromatic heterocycles. The molecule has 0 aliphatic heterocycles. The molecule has 28 heavy (non-hydrogen) atoms. The summed E-state index contributed by atoms with van der Waals surface area (Å²) in [6, 6.07) is 21.1. The number of halogens is 2. The van der Waals surface area contributed by atoms with Crippen molar-refractivity contribution in [2.45, 2.75) is 26.7 Å². The van der Waals surface area contributed by atoms with E-state index < -0.39 is 0 Å². The van der Waals surface area contributed by atoms with Crippen LogP contribution in [0.15, 0.2) is 101 Å². The second-order valence-corrected chi connectivity index (χ2v) is 7.79. The third-order valence-corrected chi connectivity index (χ3v) is 6.18. The van der Waals surface area contributed by atoms with Gasteiger partial charge in [0.15, 0.2) is 0 Å². The molecule has 0 bridgehead atoms. The fraction of sp³-hybridized carbons (Fsp3) is 0.160. The molecule has 0 nitrogen and oxygen atoms in total. The molecule has 0 spiro atoms. The third kappa shape index (κ3) is 6.38. The Morgan fingerprint density at radius 2 is 1.39 bits per heavy atom. The van der Waals surface area contributed by atoms with Crippen molar-refractivity contribution in [2.75, 3.05) is 0 Å². The summed E-state index contributed by atoms with van der Waals surface area (Å²) in [5, 5.41) is 0. The normalized spacial score (nSPS) is 14.3. The molecule has 2 aromatic rings. The number of hydrogen-bond donors (Lipinski definition) is 0. The molecule has 0 atom stereocenters. The maximum atomic E-state index is 3.43. The second-order valence-electron chi connectivity index (χ2n) is 6.57. The quantitative estimate of drug-likeness (QED) is 0.544. The molecule has 0 radical (unpaired) electrons. The molecule has 4 rings (SSSR count). The SMILES string of the molecule is CC1=C(C)C(C2=CC=CC2)=[C-]C1.[Cl-].[Cl-].[Zr+2]=[C](c1ccccc1)c1ccccc1. The van der Waals surface area contributed by atoms with E-state index in [0.717, 1.165) is 12.8 Å². The van der Waals surface area contributed by atoms with Crippen LogP contribution in [0, 0.1) is 6.08 Å². The van der Waals surface area contributed by atoms with E-state index in [9.17, 15) is 0 Å². The second kappa shape index (κ2) is 12.3. The first kappa shape index (κ1) is 24.8. The third-order valence-electron chi connectivity index (χ3n) is 4.76. The van der Waals surface area contributed by atoms with Gasteiger partial charge in [0.05, 0.1) is 0 Å². The molecule has 142 valence electrons. The summed E-state index contributed by atoms with van der Waals surface area (Å²) in [5.41, 5.74) is 8.36. The standard InChI is InChI=1S/C13H10.C12H13.2ClH.Zr/c1-3-7-12(8-4-1)11-13-9-5-2-6-10-13;1-9-7-8-12(10(9)2)11-5-3-4-6-11;;;/h1-10H;3-5H,6-7H2,1-2H3;2*1H;/q;-1;;;+2/p-2. The van der Waals surface area contributed by atoms with E-state index in [2.05, 4.69) is 98.8 Å². The van der Waals surface area contributed by atoms with Crippen molar-refractivity contribution < 1.29 is 49.0 Å². The van der Waals surface area contributed by atoms with Crippen LogP contribution in [0.1, 0.15) is 37.8 Å². The Bertz CT molecular complexity index is 863. The minimum atomic E-state index is 0. The predicted molar refractivity (Wildman–Crippen MR) is 108 cm³/mol. The van der Waals surface area contributed by atoms with Gasteiger partial charge >= 0.3 is 99.2 Å². The van der Waals surface area contributed by atoms with Crippen LogP contribution >= 0.6 is 0 Å². The van der Waals surface area contributed by atoms with E-state index in [1.807, 2.05) is 0 Å². The first-order valence-electron chi connectivity index (χ1n) is 9.00. The van der Waals surface area contributed by atoms with E-state index in [-0.39, 0.29) is 24.8 Å². The van der Waals surface area contributed by atoms with Crippen molar-refractivity contribution in [1.29, 1.82) is 0 Å². The zero-order valence-electron chi connectivity index (χ0n) is 16.2. The Balaban J connectivity index is 0.000000264. The number of benzene rings is 2. The van der Waals surface area contributed by atoms with Crippen molar-refractivity contribution >= 4 is 3.21 Å². The molecule has 3 heteroatoms. The molecule has 0 heterocycles. The number of hydrogen-bond acceptors (Lipinski definition) is 0. The van der Waals surface area contributed by atoms with E-state index in [0.29, 0.717) is 0 Å². The van der Waals surface area contributed by atoms with E-state index in [4.69, 9.17) is 0 Å². The predicted octanol–water partition coefficient (Wildman–Crippen LogP) is 0.153. The molecule has 0 unspecified atom stereocenters. The fourth-order valence-electron chi connectivity index (χ4n) is 3.06.